The van der Waals surface area contributed by atoms with E-state index in [1.807, 2.05) is 0 Å². The summed E-state index contributed by atoms with van der Waals surface area (Å²) in [4.78, 5) is 25.0. The molecule has 0 heterocycles. The fourth-order valence-electron chi connectivity index (χ4n) is 2.05. The summed E-state index contributed by atoms with van der Waals surface area (Å²) in [5, 5.41) is 0. The van der Waals surface area contributed by atoms with Gasteiger partial charge in [-0.05, 0) is 18.2 Å². The number of amides is 3. The third-order valence-corrected chi connectivity index (χ3v) is 3.27. The molecule has 26 heavy (non-hydrogen) atoms. The van der Waals surface area contributed by atoms with Gasteiger partial charge in [0, 0.05) is 18.2 Å². The van der Waals surface area contributed by atoms with Crippen molar-refractivity contribution in [2.75, 3.05) is 7.05 Å². The van der Waals surface area contributed by atoms with Gasteiger partial charge in [0.1, 0.15) is 5.75 Å². The van der Waals surface area contributed by atoms with Crippen molar-refractivity contribution in [1.82, 2.24) is 15.8 Å². The summed E-state index contributed by atoms with van der Waals surface area (Å²) in [6.07, 6.45) is -4.83. The third kappa shape index (κ3) is 5.69. The molecule has 2 aromatic rings. The van der Waals surface area contributed by atoms with Gasteiger partial charge in [0.05, 0.1) is 6.54 Å². The maximum Gasteiger partial charge on any atom is 0.573 e. The number of hydrogen-bond donors (Lipinski definition) is 2. The summed E-state index contributed by atoms with van der Waals surface area (Å²) >= 11 is 0. The molecular formula is C17H16F3N3O3. The molecule has 0 atom stereocenters. The topological polar surface area (TPSA) is 70.7 Å². The summed E-state index contributed by atoms with van der Waals surface area (Å²) in [5.41, 5.74) is 4.93. The molecule has 9 heteroatoms. The van der Waals surface area contributed by atoms with Gasteiger partial charge in [-0.3, -0.25) is 10.2 Å². The Balaban J connectivity index is 1.94. The zero-order valence-electron chi connectivity index (χ0n) is 13.7. The molecule has 0 aromatic heterocycles. The van der Waals surface area contributed by atoms with Gasteiger partial charge in [-0.1, -0.05) is 36.4 Å². The SMILES string of the molecule is CN(Cc1ccccc1OC(F)(F)F)C(=O)NNC(=O)c1ccccc1. The molecule has 138 valence electrons. The summed E-state index contributed by atoms with van der Waals surface area (Å²) in [6, 6.07) is 13.0. The lowest BCUT2D eigenvalue weighted by Crippen LogP contribution is -2.47. The van der Waals surface area contributed by atoms with Crippen molar-refractivity contribution < 1.29 is 27.5 Å². The van der Waals surface area contributed by atoms with Crippen LogP contribution in [0.3, 0.4) is 0 Å². The quantitative estimate of drug-likeness (QED) is 0.816. The molecule has 0 unspecified atom stereocenters. The van der Waals surface area contributed by atoms with Crippen LogP contribution in [0, 0.1) is 0 Å². The number of nitrogens with one attached hydrogen (secondary N) is 2. The maximum absolute atomic E-state index is 12.4. The van der Waals surface area contributed by atoms with E-state index in [4.69, 9.17) is 0 Å². The molecule has 0 spiro atoms. The zero-order chi connectivity index (χ0) is 19.2. The second-order valence-corrected chi connectivity index (χ2v) is 5.26. The minimum Gasteiger partial charge on any atom is -0.405 e. The van der Waals surface area contributed by atoms with Crippen LogP contribution in [0.25, 0.3) is 0 Å². The van der Waals surface area contributed by atoms with Crippen molar-refractivity contribution in [2.45, 2.75) is 12.9 Å². The van der Waals surface area contributed by atoms with Crippen LogP contribution in [0.4, 0.5) is 18.0 Å². The predicted molar refractivity (Wildman–Crippen MR) is 87.0 cm³/mol. The molecule has 0 bridgehead atoms. The Bertz CT molecular complexity index is 767. The highest BCUT2D eigenvalue weighted by molar-refractivity contribution is 5.95. The standard InChI is InChI=1S/C17H16F3N3O3/c1-23(11-13-9-5-6-10-14(13)26-17(18,19)20)16(25)22-21-15(24)12-7-3-2-4-8-12/h2-10H,11H2,1H3,(H,21,24)(H,22,25). The molecule has 0 saturated heterocycles. The summed E-state index contributed by atoms with van der Waals surface area (Å²) < 4.78 is 41.2. The van der Waals surface area contributed by atoms with Gasteiger partial charge in [0.15, 0.2) is 0 Å². The minimum atomic E-state index is -4.83. The normalized spacial score (nSPS) is 10.8. The lowest BCUT2D eigenvalue weighted by Gasteiger charge is -2.20. The van der Waals surface area contributed by atoms with Gasteiger partial charge < -0.3 is 9.64 Å². The minimum absolute atomic E-state index is 0.153. The second-order valence-electron chi connectivity index (χ2n) is 5.26. The highest BCUT2D eigenvalue weighted by atomic mass is 19.4. The van der Waals surface area contributed by atoms with Crippen LogP contribution in [0.15, 0.2) is 54.6 Å². The van der Waals surface area contributed by atoms with E-state index in [1.165, 1.54) is 25.2 Å². The number of halogens is 3. The molecular weight excluding hydrogens is 351 g/mol. The molecule has 0 aliphatic carbocycles. The highest BCUT2D eigenvalue weighted by Gasteiger charge is 2.32. The predicted octanol–water partition coefficient (Wildman–Crippen LogP) is 3.07. The first-order valence-corrected chi connectivity index (χ1v) is 7.46. The van der Waals surface area contributed by atoms with Gasteiger partial charge in [-0.15, -0.1) is 13.2 Å². The van der Waals surface area contributed by atoms with E-state index in [0.29, 0.717) is 5.56 Å². The Labute approximate surface area is 147 Å². The van der Waals surface area contributed by atoms with Crippen LogP contribution in [-0.2, 0) is 6.54 Å². The molecule has 2 rings (SSSR count). The number of alkyl halides is 3. The maximum atomic E-state index is 12.4. The second kappa shape index (κ2) is 8.24. The van der Waals surface area contributed by atoms with E-state index < -0.39 is 24.1 Å². The van der Waals surface area contributed by atoms with Gasteiger partial charge in [-0.25, -0.2) is 10.2 Å². The largest absolute Gasteiger partial charge is 0.573 e. The first-order chi connectivity index (χ1) is 12.3. The Morgan fingerprint density at radius 2 is 1.62 bits per heavy atom. The molecule has 0 fully saturated rings. The highest BCUT2D eigenvalue weighted by Crippen LogP contribution is 2.26. The van der Waals surface area contributed by atoms with Crippen LogP contribution >= 0.6 is 0 Å². The molecule has 0 radical (unpaired) electrons. The van der Waals surface area contributed by atoms with Crippen LogP contribution < -0.4 is 15.6 Å². The number of hydrogen-bond acceptors (Lipinski definition) is 3. The van der Waals surface area contributed by atoms with Crippen molar-refractivity contribution >= 4 is 11.9 Å². The lowest BCUT2D eigenvalue weighted by atomic mass is 10.2. The molecule has 0 aliphatic heterocycles. The average Bonchev–Trinajstić information content (AvgIpc) is 2.60. The molecule has 3 amide bonds. The van der Waals surface area contributed by atoms with Crippen LogP contribution in [0.2, 0.25) is 0 Å². The van der Waals surface area contributed by atoms with E-state index >= 15 is 0 Å². The molecule has 2 aromatic carbocycles. The zero-order valence-corrected chi connectivity index (χ0v) is 13.7. The monoisotopic (exact) mass is 367 g/mol. The molecule has 0 saturated carbocycles. The van der Waals surface area contributed by atoms with E-state index in [-0.39, 0.29) is 12.1 Å². The van der Waals surface area contributed by atoms with Crippen molar-refractivity contribution in [1.29, 1.82) is 0 Å². The Morgan fingerprint density at radius 1 is 1.00 bits per heavy atom. The first-order valence-electron chi connectivity index (χ1n) is 7.46. The van der Waals surface area contributed by atoms with E-state index in [2.05, 4.69) is 15.6 Å². The lowest BCUT2D eigenvalue weighted by molar-refractivity contribution is -0.275. The molecule has 0 aliphatic rings. The number of rotatable bonds is 4. The van der Waals surface area contributed by atoms with E-state index in [1.54, 1.807) is 30.3 Å². The number of urea groups is 1. The smallest absolute Gasteiger partial charge is 0.405 e. The number of carbonyl (C=O) groups is 2. The fraction of sp³-hybridized carbons (Fsp3) is 0.176. The van der Waals surface area contributed by atoms with Gasteiger partial charge in [0.25, 0.3) is 5.91 Å². The summed E-state index contributed by atoms with van der Waals surface area (Å²) in [5.74, 6) is -0.916. The van der Waals surface area contributed by atoms with Crippen LogP contribution in [0.5, 0.6) is 5.75 Å². The fourth-order valence-corrected chi connectivity index (χ4v) is 2.05. The number of nitrogens with zero attached hydrogens (tertiary/aromatic N) is 1. The first kappa shape index (κ1) is 19.1. The number of carbonyl (C=O) groups excluding carboxylic acids is 2. The molecule has 6 nitrogen and oxygen atoms in total. The number of hydrazine groups is 1. The van der Waals surface area contributed by atoms with Gasteiger partial charge >= 0.3 is 12.4 Å². The van der Waals surface area contributed by atoms with Crippen molar-refractivity contribution in [2.24, 2.45) is 0 Å². The summed E-state index contributed by atoms with van der Waals surface area (Å²) in [6.45, 7) is -0.153. The van der Waals surface area contributed by atoms with Crippen molar-refractivity contribution in [3.8, 4) is 5.75 Å². The molecule has 2 N–H and O–H groups in total. The van der Waals surface area contributed by atoms with Gasteiger partial charge in [-0.2, -0.15) is 0 Å². The number of ether oxygens (including phenoxy) is 1. The number of para-hydroxylation sites is 1. The Kier molecular flexibility index (Phi) is 6.05. The Morgan fingerprint density at radius 3 is 2.27 bits per heavy atom. The van der Waals surface area contributed by atoms with Crippen molar-refractivity contribution in [3.63, 3.8) is 0 Å². The van der Waals surface area contributed by atoms with Gasteiger partial charge in [0.2, 0.25) is 0 Å². The number of benzene rings is 2. The van der Waals surface area contributed by atoms with Crippen LogP contribution in [0.1, 0.15) is 15.9 Å². The van der Waals surface area contributed by atoms with E-state index in [9.17, 15) is 22.8 Å². The van der Waals surface area contributed by atoms with E-state index in [0.717, 1.165) is 11.0 Å². The third-order valence-electron chi connectivity index (χ3n) is 3.27. The van der Waals surface area contributed by atoms with Crippen molar-refractivity contribution in [3.05, 3.63) is 65.7 Å². The van der Waals surface area contributed by atoms with Crippen LogP contribution in [-0.4, -0.2) is 30.2 Å². The Hall–Kier alpha value is -3.23. The average molecular weight is 367 g/mol. The summed E-state index contributed by atoms with van der Waals surface area (Å²) in [7, 11) is 1.37.